The molecule has 0 unspecified atom stereocenters. The van der Waals surface area contributed by atoms with E-state index in [2.05, 4.69) is 32.7 Å². The van der Waals surface area contributed by atoms with Crippen molar-refractivity contribution >= 4 is 27.3 Å². The first-order chi connectivity index (χ1) is 17.1. The second kappa shape index (κ2) is 9.30. The molecular weight excluding hydrogens is 498 g/mol. The van der Waals surface area contributed by atoms with Crippen LogP contribution in [-0.4, -0.2) is 45.3 Å². The fourth-order valence-electron chi connectivity index (χ4n) is 3.74. The van der Waals surface area contributed by atoms with Gasteiger partial charge < -0.3 is 5.11 Å². The molecule has 0 atom stereocenters. The third kappa shape index (κ3) is 5.13. The summed E-state index contributed by atoms with van der Waals surface area (Å²) in [4.78, 5) is 8.85. The molecule has 10 heteroatoms. The Morgan fingerprint density at radius 1 is 1.14 bits per heavy atom. The number of hydrogen-bond acceptors (Lipinski definition) is 6. The van der Waals surface area contributed by atoms with Gasteiger partial charge in [-0.05, 0) is 51.0 Å². The maximum Gasteiger partial charge on any atom is 0.242 e. The lowest BCUT2D eigenvalue weighted by molar-refractivity contribution is 0.208. The first-order valence-corrected chi connectivity index (χ1v) is 13.3. The first-order valence-electron chi connectivity index (χ1n) is 11.4. The summed E-state index contributed by atoms with van der Waals surface area (Å²) in [6, 6.07) is 11.1. The van der Waals surface area contributed by atoms with Gasteiger partial charge >= 0.3 is 0 Å². The second-order valence-electron chi connectivity index (χ2n) is 9.45. The smallest absolute Gasteiger partial charge is 0.242 e. The molecular formula is C26H24ClN5O3S. The van der Waals surface area contributed by atoms with Crippen LogP contribution >= 0.6 is 11.6 Å². The SMILES string of the molecule is CC(C)(CO)NS(=O)(=O)c1cncc(C#Cc2cnn3c(C4CC4)cc(-c4ccc(Cl)cc4)nc23)c1. The molecule has 1 aliphatic rings. The molecule has 3 aromatic heterocycles. The molecule has 0 amide bonds. The minimum Gasteiger partial charge on any atom is -0.394 e. The Bertz CT molecular complexity index is 1620. The van der Waals surface area contributed by atoms with Crippen molar-refractivity contribution in [3.05, 3.63) is 76.8 Å². The minimum atomic E-state index is -3.89. The van der Waals surface area contributed by atoms with E-state index in [1.54, 1.807) is 20.0 Å². The third-order valence-corrected chi connectivity index (χ3v) is 7.72. The van der Waals surface area contributed by atoms with Crippen molar-refractivity contribution in [1.82, 2.24) is 24.3 Å². The minimum absolute atomic E-state index is 0.0325. The highest BCUT2D eigenvalue weighted by atomic mass is 35.5. The number of halogens is 1. The fourth-order valence-corrected chi connectivity index (χ4v) is 5.26. The molecule has 36 heavy (non-hydrogen) atoms. The lowest BCUT2D eigenvalue weighted by Crippen LogP contribution is -2.46. The Labute approximate surface area is 214 Å². The van der Waals surface area contributed by atoms with E-state index in [-0.39, 0.29) is 11.5 Å². The Morgan fingerprint density at radius 3 is 2.58 bits per heavy atom. The molecule has 1 fully saturated rings. The van der Waals surface area contributed by atoms with E-state index in [1.807, 2.05) is 28.8 Å². The highest BCUT2D eigenvalue weighted by molar-refractivity contribution is 7.89. The lowest BCUT2D eigenvalue weighted by Gasteiger charge is -2.23. The van der Waals surface area contributed by atoms with Gasteiger partial charge in [-0.15, -0.1) is 0 Å². The van der Waals surface area contributed by atoms with Crippen molar-refractivity contribution in [3.63, 3.8) is 0 Å². The number of sulfonamides is 1. The molecule has 0 aliphatic heterocycles. The van der Waals surface area contributed by atoms with E-state index in [4.69, 9.17) is 16.6 Å². The maximum atomic E-state index is 12.7. The van der Waals surface area contributed by atoms with Crippen molar-refractivity contribution < 1.29 is 13.5 Å². The molecule has 4 aromatic rings. The fraction of sp³-hybridized carbons (Fsp3) is 0.269. The van der Waals surface area contributed by atoms with Crippen molar-refractivity contribution in [3.8, 4) is 23.1 Å². The molecule has 0 bridgehead atoms. The van der Waals surface area contributed by atoms with Gasteiger partial charge in [-0.3, -0.25) is 4.98 Å². The summed E-state index contributed by atoms with van der Waals surface area (Å²) in [6.07, 6.45) is 6.63. The number of aromatic nitrogens is 4. The molecule has 5 rings (SSSR count). The number of aliphatic hydroxyl groups is 1. The number of pyridine rings is 1. The maximum absolute atomic E-state index is 12.7. The molecule has 2 N–H and O–H groups in total. The first kappa shape index (κ1) is 24.4. The van der Waals surface area contributed by atoms with E-state index in [9.17, 15) is 13.5 Å². The normalized spacial score (nSPS) is 14.0. The summed E-state index contributed by atoms with van der Waals surface area (Å²) < 4.78 is 29.8. The van der Waals surface area contributed by atoms with Gasteiger partial charge in [0.25, 0.3) is 0 Å². The van der Waals surface area contributed by atoms with E-state index in [0.717, 1.165) is 29.8 Å². The van der Waals surface area contributed by atoms with Crippen LogP contribution in [0.25, 0.3) is 16.9 Å². The average Bonchev–Trinajstić information content (AvgIpc) is 3.62. The van der Waals surface area contributed by atoms with Gasteiger partial charge in [0.05, 0.1) is 29.6 Å². The zero-order valence-electron chi connectivity index (χ0n) is 19.7. The van der Waals surface area contributed by atoms with Crippen LogP contribution in [0, 0.1) is 11.8 Å². The lowest BCUT2D eigenvalue weighted by atomic mass is 10.1. The largest absolute Gasteiger partial charge is 0.394 e. The summed E-state index contributed by atoms with van der Waals surface area (Å²) in [5, 5.41) is 14.6. The van der Waals surface area contributed by atoms with E-state index < -0.39 is 15.6 Å². The number of fused-ring (bicyclic) bond motifs is 1. The van der Waals surface area contributed by atoms with Crippen molar-refractivity contribution in [1.29, 1.82) is 0 Å². The standard InChI is InChI=1S/C26H24ClN5O3S/c1-26(2,16-33)31-36(34,35)22-11-17(13-28-15-22)3-4-20-14-29-32-24(19-5-6-19)12-23(30-25(20)32)18-7-9-21(27)10-8-18/h7-15,19,31,33H,5-6,16H2,1-2H3. The third-order valence-electron chi connectivity index (χ3n) is 5.81. The molecule has 1 aromatic carbocycles. The Morgan fingerprint density at radius 2 is 1.89 bits per heavy atom. The van der Waals surface area contributed by atoms with Gasteiger partial charge in [0.2, 0.25) is 10.0 Å². The molecule has 3 heterocycles. The molecule has 1 saturated carbocycles. The van der Waals surface area contributed by atoms with Gasteiger partial charge in [-0.1, -0.05) is 35.6 Å². The van der Waals surface area contributed by atoms with Crippen molar-refractivity contribution in [2.75, 3.05) is 6.61 Å². The van der Waals surface area contributed by atoms with Gasteiger partial charge in [0.15, 0.2) is 5.65 Å². The van der Waals surface area contributed by atoms with Crippen molar-refractivity contribution in [2.24, 2.45) is 0 Å². The predicted molar refractivity (Wildman–Crippen MR) is 137 cm³/mol. The van der Waals surface area contributed by atoms with Gasteiger partial charge in [0.1, 0.15) is 4.90 Å². The molecule has 8 nitrogen and oxygen atoms in total. The summed E-state index contributed by atoms with van der Waals surface area (Å²) in [5.74, 6) is 6.51. The Kier molecular flexibility index (Phi) is 6.30. The summed E-state index contributed by atoms with van der Waals surface area (Å²) in [5.41, 5.74) is 3.53. The zero-order chi connectivity index (χ0) is 25.5. The monoisotopic (exact) mass is 521 g/mol. The Balaban J connectivity index is 1.52. The van der Waals surface area contributed by atoms with Crippen LogP contribution in [0.5, 0.6) is 0 Å². The molecule has 0 radical (unpaired) electrons. The number of rotatable bonds is 6. The van der Waals surface area contributed by atoms with Crippen LogP contribution in [0.3, 0.4) is 0 Å². The van der Waals surface area contributed by atoms with Gasteiger partial charge in [-0.2, -0.15) is 5.10 Å². The molecule has 1 aliphatic carbocycles. The number of nitrogens with zero attached hydrogens (tertiary/aromatic N) is 4. The van der Waals surface area contributed by atoms with Gasteiger partial charge in [-0.25, -0.2) is 22.6 Å². The topological polar surface area (TPSA) is 109 Å². The van der Waals surface area contributed by atoms with E-state index in [0.29, 0.717) is 27.7 Å². The second-order valence-corrected chi connectivity index (χ2v) is 11.6. The molecule has 0 saturated heterocycles. The quantitative estimate of drug-likeness (QED) is 0.374. The summed E-state index contributed by atoms with van der Waals surface area (Å²) in [6.45, 7) is 2.84. The number of aliphatic hydroxyl groups excluding tert-OH is 1. The van der Waals surface area contributed by atoms with Crippen LogP contribution in [0.15, 0.2) is 59.9 Å². The highest BCUT2D eigenvalue weighted by Gasteiger charge is 2.28. The molecule has 184 valence electrons. The van der Waals surface area contributed by atoms with Crippen molar-refractivity contribution in [2.45, 2.75) is 43.0 Å². The highest BCUT2D eigenvalue weighted by Crippen LogP contribution is 2.41. The van der Waals surface area contributed by atoms with Crippen LogP contribution < -0.4 is 4.72 Å². The number of benzene rings is 1. The van der Waals surface area contributed by atoms with Crippen LogP contribution in [-0.2, 0) is 10.0 Å². The van der Waals surface area contributed by atoms with Crippen LogP contribution in [0.1, 0.15) is 49.4 Å². The summed E-state index contributed by atoms with van der Waals surface area (Å²) >= 11 is 6.06. The van der Waals surface area contributed by atoms with E-state index in [1.165, 1.54) is 18.5 Å². The Hall–Kier alpha value is -3.29. The zero-order valence-corrected chi connectivity index (χ0v) is 21.3. The number of hydrogen-bond donors (Lipinski definition) is 2. The summed E-state index contributed by atoms with van der Waals surface area (Å²) in [7, 11) is -3.89. The van der Waals surface area contributed by atoms with Crippen LogP contribution in [0.4, 0.5) is 0 Å². The molecule has 0 spiro atoms. The average molecular weight is 522 g/mol. The van der Waals surface area contributed by atoms with Gasteiger partial charge in [0, 0.05) is 40.2 Å². The predicted octanol–water partition coefficient (Wildman–Crippen LogP) is 3.77. The van der Waals surface area contributed by atoms with E-state index >= 15 is 0 Å². The number of nitrogens with one attached hydrogen (secondary N) is 1. The van der Waals surface area contributed by atoms with Crippen LogP contribution in [0.2, 0.25) is 5.02 Å².